The molecule has 0 aliphatic heterocycles. The van der Waals surface area contributed by atoms with Gasteiger partial charge in [0.05, 0.1) is 5.69 Å². The van der Waals surface area contributed by atoms with Crippen LogP contribution < -0.4 is 5.73 Å². The third-order valence-corrected chi connectivity index (χ3v) is 2.78. The SMILES string of the molecule is NCc1cn2cc(C3CC3)ccc2n1. The van der Waals surface area contributed by atoms with Crippen molar-refractivity contribution < 1.29 is 0 Å². The molecule has 0 unspecified atom stereocenters. The number of rotatable bonds is 2. The molecule has 2 aromatic rings. The van der Waals surface area contributed by atoms with Crippen molar-refractivity contribution in [1.29, 1.82) is 0 Å². The summed E-state index contributed by atoms with van der Waals surface area (Å²) in [6.07, 6.45) is 6.87. The molecule has 0 aromatic carbocycles. The van der Waals surface area contributed by atoms with E-state index in [0.717, 1.165) is 17.3 Å². The second-order valence-corrected chi connectivity index (χ2v) is 3.94. The maximum Gasteiger partial charge on any atom is 0.137 e. The van der Waals surface area contributed by atoms with E-state index in [9.17, 15) is 0 Å². The van der Waals surface area contributed by atoms with Crippen LogP contribution >= 0.6 is 0 Å². The number of hydrogen-bond acceptors (Lipinski definition) is 2. The van der Waals surface area contributed by atoms with Gasteiger partial charge in [-0.05, 0) is 30.4 Å². The summed E-state index contributed by atoms with van der Waals surface area (Å²) < 4.78 is 2.08. The molecule has 1 saturated carbocycles. The van der Waals surface area contributed by atoms with E-state index in [1.807, 2.05) is 6.20 Å². The molecule has 3 heteroatoms. The Kier molecular flexibility index (Phi) is 1.61. The predicted octanol–water partition coefficient (Wildman–Crippen LogP) is 1.67. The van der Waals surface area contributed by atoms with Gasteiger partial charge < -0.3 is 10.1 Å². The van der Waals surface area contributed by atoms with E-state index in [-0.39, 0.29) is 0 Å². The predicted molar refractivity (Wildman–Crippen MR) is 55.1 cm³/mol. The number of fused-ring (bicyclic) bond motifs is 1. The van der Waals surface area contributed by atoms with Gasteiger partial charge in [0.2, 0.25) is 0 Å². The minimum absolute atomic E-state index is 0.514. The van der Waals surface area contributed by atoms with Gasteiger partial charge in [-0.3, -0.25) is 0 Å². The zero-order valence-electron chi connectivity index (χ0n) is 7.98. The van der Waals surface area contributed by atoms with Gasteiger partial charge in [-0.15, -0.1) is 0 Å². The van der Waals surface area contributed by atoms with Gasteiger partial charge >= 0.3 is 0 Å². The standard InChI is InChI=1S/C11H13N3/c12-5-10-7-14-6-9(8-1-2-8)3-4-11(14)13-10/h3-4,6-8H,1-2,5,12H2. The van der Waals surface area contributed by atoms with E-state index in [0.29, 0.717) is 6.54 Å². The van der Waals surface area contributed by atoms with Crippen LogP contribution in [0.15, 0.2) is 24.5 Å². The molecular weight excluding hydrogens is 174 g/mol. The van der Waals surface area contributed by atoms with Crippen LogP contribution in [0.4, 0.5) is 0 Å². The fourth-order valence-corrected chi connectivity index (χ4v) is 1.82. The Morgan fingerprint density at radius 1 is 1.36 bits per heavy atom. The van der Waals surface area contributed by atoms with Crippen LogP contribution in [-0.2, 0) is 6.54 Å². The van der Waals surface area contributed by atoms with Gasteiger partial charge in [-0.2, -0.15) is 0 Å². The van der Waals surface area contributed by atoms with Crippen LogP contribution in [0.2, 0.25) is 0 Å². The Balaban J connectivity index is 2.12. The van der Waals surface area contributed by atoms with E-state index in [1.165, 1.54) is 18.4 Å². The Morgan fingerprint density at radius 3 is 2.93 bits per heavy atom. The summed E-state index contributed by atoms with van der Waals surface area (Å²) in [5, 5.41) is 0. The number of hydrogen-bond donors (Lipinski definition) is 1. The summed E-state index contributed by atoms with van der Waals surface area (Å²) in [5.41, 5.74) is 8.93. The Labute approximate surface area is 82.6 Å². The van der Waals surface area contributed by atoms with Crippen LogP contribution in [0.3, 0.4) is 0 Å². The Hall–Kier alpha value is -1.35. The summed E-state index contributed by atoms with van der Waals surface area (Å²) in [6, 6.07) is 4.26. The Morgan fingerprint density at radius 2 is 2.21 bits per heavy atom. The molecule has 1 fully saturated rings. The largest absolute Gasteiger partial charge is 0.325 e. The highest BCUT2D eigenvalue weighted by Crippen LogP contribution is 2.39. The van der Waals surface area contributed by atoms with Gasteiger partial charge in [0.15, 0.2) is 0 Å². The average molecular weight is 187 g/mol. The molecule has 0 spiro atoms. The van der Waals surface area contributed by atoms with E-state index in [2.05, 4.69) is 27.7 Å². The maximum atomic E-state index is 5.55. The molecule has 3 rings (SSSR count). The van der Waals surface area contributed by atoms with Crippen LogP contribution in [0.1, 0.15) is 30.0 Å². The minimum atomic E-state index is 0.514. The Bertz CT molecular complexity index is 468. The van der Waals surface area contributed by atoms with Gasteiger partial charge in [-0.1, -0.05) is 6.07 Å². The highest BCUT2D eigenvalue weighted by atomic mass is 15.0. The number of imidazole rings is 1. The summed E-state index contributed by atoms with van der Waals surface area (Å²) in [4.78, 5) is 4.39. The second-order valence-electron chi connectivity index (χ2n) is 3.94. The molecule has 0 atom stereocenters. The molecule has 3 nitrogen and oxygen atoms in total. The van der Waals surface area contributed by atoms with Gasteiger partial charge in [0.25, 0.3) is 0 Å². The van der Waals surface area contributed by atoms with Crippen molar-refractivity contribution in [2.24, 2.45) is 5.73 Å². The second kappa shape index (κ2) is 2.82. The van der Waals surface area contributed by atoms with Gasteiger partial charge in [0.1, 0.15) is 5.65 Å². The molecule has 2 N–H and O–H groups in total. The minimum Gasteiger partial charge on any atom is -0.325 e. The van der Waals surface area contributed by atoms with E-state index < -0.39 is 0 Å². The zero-order chi connectivity index (χ0) is 9.54. The van der Waals surface area contributed by atoms with Gasteiger partial charge in [-0.25, -0.2) is 4.98 Å². The highest BCUT2D eigenvalue weighted by molar-refractivity contribution is 5.42. The maximum absolute atomic E-state index is 5.55. The van der Waals surface area contributed by atoms with Gasteiger partial charge in [0, 0.05) is 18.9 Å². The molecule has 0 amide bonds. The third-order valence-electron chi connectivity index (χ3n) is 2.78. The first-order chi connectivity index (χ1) is 6.86. The molecule has 2 heterocycles. The number of pyridine rings is 1. The fourth-order valence-electron chi connectivity index (χ4n) is 1.82. The van der Waals surface area contributed by atoms with Crippen molar-refractivity contribution >= 4 is 5.65 Å². The monoisotopic (exact) mass is 187 g/mol. The lowest BCUT2D eigenvalue weighted by molar-refractivity contribution is 1.01. The summed E-state index contributed by atoms with van der Waals surface area (Å²) in [5.74, 6) is 0.795. The number of nitrogens with zero attached hydrogens (tertiary/aromatic N) is 2. The van der Waals surface area contributed by atoms with Crippen molar-refractivity contribution in [3.8, 4) is 0 Å². The number of aromatic nitrogens is 2. The lowest BCUT2D eigenvalue weighted by Gasteiger charge is -1.98. The topological polar surface area (TPSA) is 43.3 Å². The lowest BCUT2D eigenvalue weighted by Crippen LogP contribution is -1.95. The first kappa shape index (κ1) is 8.00. The normalized spacial score (nSPS) is 16.4. The number of nitrogens with two attached hydrogens (primary N) is 1. The molecule has 72 valence electrons. The van der Waals surface area contributed by atoms with E-state index in [1.54, 1.807) is 0 Å². The molecule has 0 radical (unpaired) electrons. The summed E-state index contributed by atoms with van der Waals surface area (Å²) >= 11 is 0. The highest BCUT2D eigenvalue weighted by Gasteiger charge is 2.23. The molecule has 0 bridgehead atoms. The summed E-state index contributed by atoms with van der Waals surface area (Å²) in [6.45, 7) is 0.514. The average Bonchev–Trinajstić information content (AvgIpc) is 2.97. The van der Waals surface area contributed by atoms with Crippen LogP contribution in [0, 0.1) is 0 Å². The van der Waals surface area contributed by atoms with E-state index in [4.69, 9.17) is 5.73 Å². The van der Waals surface area contributed by atoms with Crippen molar-refractivity contribution in [3.05, 3.63) is 35.8 Å². The lowest BCUT2D eigenvalue weighted by atomic mass is 10.2. The molecule has 1 aliphatic carbocycles. The fraction of sp³-hybridized carbons (Fsp3) is 0.364. The first-order valence-electron chi connectivity index (χ1n) is 5.04. The van der Waals surface area contributed by atoms with Crippen molar-refractivity contribution in [1.82, 2.24) is 9.38 Å². The van der Waals surface area contributed by atoms with E-state index >= 15 is 0 Å². The smallest absolute Gasteiger partial charge is 0.137 e. The zero-order valence-corrected chi connectivity index (χ0v) is 7.98. The molecule has 0 saturated heterocycles. The van der Waals surface area contributed by atoms with Crippen LogP contribution in [-0.4, -0.2) is 9.38 Å². The molecule has 1 aliphatic rings. The van der Waals surface area contributed by atoms with Crippen LogP contribution in [0.5, 0.6) is 0 Å². The third kappa shape index (κ3) is 1.21. The molecule has 2 aromatic heterocycles. The molecule has 14 heavy (non-hydrogen) atoms. The van der Waals surface area contributed by atoms with Crippen molar-refractivity contribution in [2.45, 2.75) is 25.3 Å². The quantitative estimate of drug-likeness (QED) is 0.777. The van der Waals surface area contributed by atoms with Crippen LogP contribution in [0.25, 0.3) is 5.65 Å². The van der Waals surface area contributed by atoms with Crippen molar-refractivity contribution in [2.75, 3.05) is 0 Å². The first-order valence-corrected chi connectivity index (χ1v) is 5.04. The summed E-state index contributed by atoms with van der Waals surface area (Å²) in [7, 11) is 0. The molecular formula is C11H13N3. The van der Waals surface area contributed by atoms with Crippen molar-refractivity contribution in [3.63, 3.8) is 0 Å².